The van der Waals surface area contributed by atoms with E-state index in [1.54, 1.807) is 5.25 Å². The number of fused-ring (bicyclic) bond motifs is 1. The Hall–Kier alpha value is -0.0700. The molecule has 0 atom stereocenters. The number of benzene rings is 1. The van der Waals surface area contributed by atoms with Crippen LogP contribution in [-0.2, 0) is 4.79 Å². The molecule has 1 fully saturated rings. The molecule has 1 aromatic heterocycles. The fourth-order valence-electron chi connectivity index (χ4n) is 1.76. The summed E-state index contributed by atoms with van der Waals surface area (Å²) in [5, 5.41) is 9.74. The number of rotatable bonds is 2. The SMILES string of the molecule is Brc1ccc2nccc(S[C-]3CCC3)c2c1.O=CO.[Na+]. The van der Waals surface area contributed by atoms with Gasteiger partial charge in [-0.1, -0.05) is 15.9 Å². The fourth-order valence-corrected chi connectivity index (χ4v) is 3.33. The molecule has 6 heteroatoms. The largest absolute Gasteiger partial charge is 1.00 e. The van der Waals surface area contributed by atoms with Gasteiger partial charge in [0, 0.05) is 16.1 Å². The molecule has 0 bridgehead atoms. The van der Waals surface area contributed by atoms with Crippen LogP contribution in [0.2, 0.25) is 0 Å². The molecule has 0 radical (unpaired) electrons. The van der Waals surface area contributed by atoms with Crippen LogP contribution < -0.4 is 29.6 Å². The molecule has 0 amide bonds. The van der Waals surface area contributed by atoms with Crippen molar-refractivity contribution >= 4 is 45.1 Å². The number of carbonyl (C=O) groups is 1. The summed E-state index contributed by atoms with van der Waals surface area (Å²) < 4.78 is 1.12. The van der Waals surface area contributed by atoms with Crippen LogP contribution in [0, 0.1) is 5.25 Å². The van der Waals surface area contributed by atoms with E-state index >= 15 is 0 Å². The number of halogens is 1. The van der Waals surface area contributed by atoms with E-state index in [-0.39, 0.29) is 36.0 Å². The fraction of sp³-hybridized carbons (Fsp3) is 0.214. The molecule has 20 heavy (non-hydrogen) atoms. The molecule has 3 rings (SSSR count). The van der Waals surface area contributed by atoms with Gasteiger partial charge in [0.15, 0.2) is 0 Å². The maximum absolute atomic E-state index is 8.36. The molecule has 100 valence electrons. The first kappa shape index (κ1) is 18.0. The topological polar surface area (TPSA) is 50.2 Å². The van der Waals surface area contributed by atoms with Crippen molar-refractivity contribution in [1.29, 1.82) is 0 Å². The first-order chi connectivity index (χ1) is 9.24. The predicted molar refractivity (Wildman–Crippen MR) is 81.1 cm³/mol. The summed E-state index contributed by atoms with van der Waals surface area (Å²) in [6.45, 7) is -0.250. The van der Waals surface area contributed by atoms with E-state index in [2.05, 4.69) is 39.1 Å². The zero-order valence-corrected chi connectivity index (χ0v) is 15.6. The van der Waals surface area contributed by atoms with Gasteiger partial charge >= 0.3 is 29.6 Å². The van der Waals surface area contributed by atoms with Crippen molar-refractivity contribution in [3.05, 3.63) is 40.2 Å². The van der Waals surface area contributed by atoms with Crippen molar-refractivity contribution in [3.63, 3.8) is 0 Å². The maximum Gasteiger partial charge on any atom is 1.00 e. The Morgan fingerprint density at radius 1 is 1.35 bits per heavy atom. The third-order valence-corrected chi connectivity index (χ3v) is 4.60. The van der Waals surface area contributed by atoms with Crippen molar-refractivity contribution < 1.29 is 39.5 Å². The summed E-state index contributed by atoms with van der Waals surface area (Å²) in [5.41, 5.74) is 1.08. The van der Waals surface area contributed by atoms with Gasteiger partial charge in [-0.15, -0.1) is 6.42 Å². The summed E-state index contributed by atoms with van der Waals surface area (Å²) in [4.78, 5) is 14.1. The van der Waals surface area contributed by atoms with Crippen LogP contribution in [0.15, 0.2) is 39.8 Å². The number of aromatic nitrogens is 1. The zero-order valence-electron chi connectivity index (χ0n) is 11.2. The Balaban J connectivity index is 0.000000462. The number of carboxylic acid groups (broad SMARTS) is 1. The minimum absolute atomic E-state index is 0. The molecule has 0 spiro atoms. The summed E-state index contributed by atoms with van der Waals surface area (Å²) in [6.07, 6.45) is 5.82. The zero-order chi connectivity index (χ0) is 13.7. The molecule has 1 heterocycles. The van der Waals surface area contributed by atoms with Gasteiger partial charge in [0.25, 0.3) is 6.47 Å². The van der Waals surface area contributed by atoms with Crippen molar-refractivity contribution in [1.82, 2.24) is 4.98 Å². The minimum atomic E-state index is -0.250. The van der Waals surface area contributed by atoms with Gasteiger partial charge in [0.05, 0.1) is 5.52 Å². The standard InChI is InChI=1S/C13H11BrNS.CH2O2.Na/c14-9-4-5-12-11(8-9)13(6-7-15-12)16-10-2-1-3-10;2-1-3;/h4-8H,1-3H2;1H,(H,2,3);/q-1;;+1. The van der Waals surface area contributed by atoms with E-state index in [1.165, 1.54) is 29.5 Å². The Bertz CT molecular complexity index is 578. The van der Waals surface area contributed by atoms with Crippen molar-refractivity contribution in [3.8, 4) is 0 Å². The number of pyridine rings is 1. The third kappa shape index (κ3) is 4.74. The quantitative estimate of drug-likeness (QED) is 0.500. The van der Waals surface area contributed by atoms with Crippen molar-refractivity contribution in [2.24, 2.45) is 0 Å². The van der Waals surface area contributed by atoms with Gasteiger partial charge < -0.3 is 16.9 Å². The average molecular weight is 362 g/mol. The molecule has 2 aromatic rings. The van der Waals surface area contributed by atoms with E-state index < -0.39 is 0 Å². The summed E-state index contributed by atoms with van der Waals surface area (Å²) in [6, 6.07) is 8.38. The molecular formula is C14H13BrNNaO2S. The van der Waals surface area contributed by atoms with Crippen LogP contribution in [0.4, 0.5) is 0 Å². The van der Waals surface area contributed by atoms with Crippen LogP contribution in [-0.4, -0.2) is 16.6 Å². The second-order valence-electron chi connectivity index (χ2n) is 4.07. The Morgan fingerprint density at radius 2 is 2.05 bits per heavy atom. The molecule has 1 N–H and O–H groups in total. The maximum atomic E-state index is 8.36. The predicted octanol–water partition coefficient (Wildman–Crippen LogP) is 1.51. The normalized spacial score (nSPS) is 13.7. The van der Waals surface area contributed by atoms with Crippen molar-refractivity contribution in [2.75, 3.05) is 0 Å². The Labute approximate surface area is 153 Å². The van der Waals surface area contributed by atoms with E-state index in [0.717, 1.165) is 9.99 Å². The number of hydrogen-bond donors (Lipinski definition) is 1. The van der Waals surface area contributed by atoms with E-state index in [1.807, 2.05) is 24.0 Å². The molecule has 3 nitrogen and oxygen atoms in total. The molecule has 1 aromatic carbocycles. The summed E-state index contributed by atoms with van der Waals surface area (Å²) in [5.74, 6) is 0. The monoisotopic (exact) mass is 361 g/mol. The second kappa shape index (κ2) is 9.05. The molecule has 0 saturated heterocycles. The average Bonchev–Trinajstić information content (AvgIpc) is 2.35. The third-order valence-electron chi connectivity index (χ3n) is 2.83. The number of nitrogens with zero attached hydrogens (tertiary/aromatic N) is 1. The Kier molecular flexibility index (Phi) is 8.14. The van der Waals surface area contributed by atoms with E-state index in [9.17, 15) is 0 Å². The van der Waals surface area contributed by atoms with Crippen LogP contribution in [0.5, 0.6) is 0 Å². The van der Waals surface area contributed by atoms with Crippen molar-refractivity contribution in [2.45, 2.75) is 24.2 Å². The van der Waals surface area contributed by atoms with Crippen LogP contribution in [0.1, 0.15) is 19.3 Å². The van der Waals surface area contributed by atoms with Gasteiger partial charge in [-0.3, -0.25) is 15.0 Å². The first-order valence-corrected chi connectivity index (χ1v) is 7.50. The molecule has 0 unspecified atom stereocenters. The van der Waals surface area contributed by atoms with E-state index in [4.69, 9.17) is 9.90 Å². The molecule has 0 aliphatic heterocycles. The minimum Gasteiger partial charge on any atom is -0.483 e. The molecular weight excluding hydrogens is 349 g/mol. The molecule has 1 aliphatic rings. The van der Waals surface area contributed by atoms with Gasteiger partial charge in [0.2, 0.25) is 0 Å². The number of hydrogen-bond acceptors (Lipinski definition) is 3. The number of thioether (sulfide) groups is 1. The van der Waals surface area contributed by atoms with Crippen LogP contribution in [0.25, 0.3) is 10.9 Å². The molecule has 1 aliphatic carbocycles. The molecule has 1 saturated carbocycles. The van der Waals surface area contributed by atoms with Gasteiger partial charge in [0.1, 0.15) is 0 Å². The van der Waals surface area contributed by atoms with E-state index in [0.29, 0.717) is 0 Å². The van der Waals surface area contributed by atoms with Gasteiger partial charge in [-0.05, 0) is 29.2 Å². The van der Waals surface area contributed by atoms with Crippen LogP contribution in [0.3, 0.4) is 0 Å². The van der Waals surface area contributed by atoms with Gasteiger partial charge in [-0.2, -0.15) is 12.8 Å². The second-order valence-corrected chi connectivity index (χ2v) is 6.21. The first-order valence-electron chi connectivity index (χ1n) is 5.89. The summed E-state index contributed by atoms with van der Waals surface area (Å²) in [7, 11) is 0. The smallest absolute Gasteiger partial charge is 0.483 e. The summed E-state index contributed by atoms with van der Waals surface area (Å²) >= 11 is 5.44. The van der Waals surface area contributed by atoms with Gasteiger partial charge in [-0.25, -0.2) is 0 Å². The Morgan fingerprint density at radius 3 is 2.65 bits per heavy atom. The van der Waals surface area contributed by atoms with Crippen LogP contribution >= 0.6 is 27.7 Å².